The number of anilines is 1. The van der Waals surface area contributed by atoms with E-state index in [1.807, 2.05) is 0 Å². The van der Waals surface area contributed by atoms with Gasteiger partial charge in [0.2, 0.25) is 5.95 Å². The van der Waals surface area contributed by atoms with Gasteiger partial charge in [0.05, 0.1) is 0 Å². The molecule has 0 amide bonds. The minimum Gasteiger partial charge on any atom is -0.338 e. The van der Waals surface area contributed by atoms with Gasteiger partial charge >= 0.3 is 0 Å². The molecule has 1 aromatic heterocycles. The van der Waals surface area contributed by atoms with Gasteiger partial charge in [0, 0.05) is 24.5 Å². The molecule has 5 aliphatic rings. The van der Waals surface area contributed by atoms with Gasteiger partial charge in [-0.25, -0.2) is 0 Å². The lowest BCUT2D eigenvalue weighted by atomic mass is 9.49. The smallest absolute Gasteiger partial charge is 0.244 e. The van der Waals surface area contributed by atoms with Crippen LogP contribution in [0, 0.1) is 17.8 Å². The van der Waals surface area contributed by atoms with Crippen LogP contribution in [0.1, 0.15) is 50.8 Å². The first-order valence-corrected chi connectivity index (χ1v) is 8.64. The van der Waals surface area contributed by atoms with Gasteiger partial charge in [-0.05, 0) is 62.7 Å². The molecule has 3 N–H and O–H groups in total. The summed E-state index contributed by atoms with van der Waals surface area (Å²) in [6, 6.07) is 0.284. The predicted octanol–water partition coefficient (Wildman–Crippen LogP) is 1.81. The van der Waals surface area contributed by atoms with Crippen molar-refractivity contribution in [3.05, 3.63) is 5.82 Å². The molecule has 114 valence electrons. The molecular weight excluding hydrogens is 262 g/mol. The highest BCUT2D eigenvalue weighted by molar-refractivity contribution is 5.33. The second-order valence-corrected chi connectivity index (χ2v) is 8.18. The Morgan fingerprint density at radius 2 is 1.76 bits per heavy atom. The molecular formula is C16H25N5. The fourth-order valence-electron chi connectivity index (χ4n) is 6.00. The van der Waals surface area contributed by atoms with Gasteiger partial charge in [-0.3, -0.25) is 5.10 Å². The highest BCUT2D eigenvalue weighted by atomic mass is 15.4. The number of nitrogens with zero attached hydrogens (tertiary/aromatic N) is 3. The Morgan fingerprint density at radius 1 is 1.10 bits per heavy atom. The van der Waals surface area contributed by atoms with E-state index in [0.29, 0.717) is 5.41 Å². The number of aromatic amines is 1. The zero-order chi connectivity index (χ0) is 14.0. The molecule has 1 aromatic rings. The van der Waals surface area contributed by atoms with E-state index in [4.69, 9.17) is 10.7 Å². The first kappa shape index (κ1) is 12.4. The molecule has 4 bridgehead atoms. The lowest BCUT2D eigenvalue weighted by Crippen LogP contribution is -2.49. The molecule has 6 rings (SSSR count). The quantitative estimate of drug-likeness (QED) is 0.870. The van der Waals surface area contributed by atoms with Crippen LogP contribution in [0.4, 0.5) is 5.95 Å². The number of H-pyrrole nitrogens is 1. The van der Waals surface area contributed by atoms with Crippen LogP contribution in [0.15, 0.2) is 0 Å². The molecule has 5 heteroatoms. The van der Waals surface area contributed by atoms with Crippen LogP contribution in [0.5, 0.6) is 0 Å². The summed E-state index contributed by atoms with van der Waals surface area (Å²) < 4.78 is 0. The van der Waals surface area contributed by atoms with Crippen LogP contribution in [0.25, 0.3) is 0 Å². The van der Waals surface area contributed by atoms with Crippen LogP contribution >= 0.6 is 0 Å². The Bertz CT molecular complexity index is 515. The number of aromatic nitrogens is 3. The minimum absolute atomic E-state index is 0.284. The summed E-state index contributed by atoms with van der Waals surface area (Å²) in [6.07, 6.45) is 9.50. The van der Waals surface area contributed by atoms with Crippen molar-refractivity contribution in [2.45, 2.75) is 56.4 Å². The number of hydrogen-bond acceptors (Lipinski definition) is 4. The van der Waals surface area contributed by atoms with E-state index in [1.54, 1.807) is 0 Å². The van der Waals surface area contributed by atoms with Gasteiger partial charge in [0.15, 0.2) is 0 Å². The average Bonchev–Trinajstić information content (AvgIpc) is 3.05. The van der Waals surface area contributed by atoms with Crippen LogP contribution < -0.4 is 10.6 Å². The summed E-state index contributed by atoms with van der Waals surface area (Å²) in [5, 5.41) is 7.83. The fraction of sp³-hybridized carbons (Fsp3) is 0.875. The van der Waals surface area contributed by atoms with E-state index in [0.717, 1.165) is 43.2 Å². The minimum atomic E-state index is 0.284. The van der Waals surface area contributed by atoms with Crippen molar-refractivity contribution in [1.29, 1.82) is 0 Å². The van der Waals surface area contributed by atoms with Crippen LogP contribution in [0.3, 0.4) is 0 Å². The van der Waals surface area contributed by atoms with E-state index >= 15 is 0 Å². The summed E-state index contributed by atoms with van der Waals surface area (Å²) in [5.41, 5.74) is 6.33. The van der Waals surface area contributed by atoms with E-state index in [9.17, 15) is 0 Å². The number of rotatable bonds is 2. The molecule has 0 aromatic carbocycles. The maximum absolute atomic E-state index is 6.01. The Hall–Kier alpha value is -1.10. The first-order valence-electron chi connectivity index (χ1n) is 8.64. The first-order chi connectivity index (χ1) is 10.2. The van der Waals surface area contributed by atoms with Gasteiger partial charge in [0.25, 0.3) is 0 Å². The molecule has 1 atom stereocenters. The molecule has 1 saturated heterocycles. The van der Waals surface area contributed by atoms with Crippen molar-refractivity contribution in [2.24, 2.45) is 23.5 Å². The second kappa shape index (κ2) is 4.22. The van der Waals surface area contributed by atoms with Crippen molar-refractivity contribution in [3.63, 3.8) is 0 Å². The zero-order valence-electron chi connectivity index (χ0n) is 12.6. The maximum Gasteiger partial charge on any atom is 0.244 e. The van der Waals surface area contributed by atoms with Crippen molar-refractivity contribution in [3.8, 4) is 0 Å². The van der Waals surface area contributed by atoms with Gasteiger partial charge < -0.3 is 10.6 Å². The zero-order valence-corrected chi connectivity index (χ0v) is 12.6. The predicted molar refractivity (Wildman–Crippen MR) is 81.0 cm³/mol. The second-order valence-electron chi connectivity index (χ2n) is 8.18. The molecule has 4 aliphatic carbocycles. The lowest BCUT2D eigenvalue weighted by molar-refractivity contribution is -0.00920. The van der Waals surface area contributed by atoms with Crippen LogP contribution in [-0.4, -0.2) is 34.3 Å². The van der Waals surface area contributed by atoms with Crippen molar-refractivity contribution in [2.75, 3.05) is 18.0 Å². The summed E-state index contributed by atoms with van der Waals surface area (Å²) in [4.78, 5) is 7.16. The third kappa shape index (κ3) is 1.86. The summed E-state index contributed by atoms with van der Waals surface area (Å²) in [6.45, 7) is 1.90. The lowest BCUT2D eigenvalue weighted by Gasteiger charge is -2.55. The van der Waals surface area contributed by atoms with Crippen LogP contribution in [-0.2, 0) is 5.41 Å². The number of hydrogen-bond donors (Lipinski definition) is 2. The molecule has 0 spiro atoms. The van der Waals surface area contributed by atoms with E-state index in [1.165, 1.54) is 44.3 Å². The summed E-state index contributed by atoms with van der Waals surface area (Å²) in [7, 11) is 0. The van der Waals surface area contributed by atoms with E-state index in [-0.39, 0.29) is 6.04 Å². The van der Waals surface area contributed by atoms with Gasteiger partial charge in [0.1, 0.15) is 5.82 Å². The Balaban J connectivity index is 1.44. The maximum atomic E-state index is 6.01. The third-order valence-electron chi connectivity index (χ3n) is 6.52. The molecule has 0 radical (unpaired) electrons. The van der Waals surface area contributed by atoms with Crippen molar-refractivity contribution < 1.29 is 0 Å². The molecule has 5 fully saturated rings. The summed E-state index contributed by atoms with van der Waals surface area (Å²) >= 11 is 0. The number of nitrogens with one attached hydrogen (secondary N) is 1. The van der Waals surface area contributed by atoms with Crippen molar-refractivity contribution >= 4 is 5.95 Å². The monoisotopic (exact) mass is 287 g/mol. The average molecular weight is 287 g/mol. The molecule has 21 heavy (non-hydrogen) atoms. The highest BCUT2D eigenvalue weighted by Crippen LogP contribution is 2.60. The van der Waals surface area contributed by atoms with Gasteiger partial charge in [-0.15, -0.1) is 5.10 Å². The molecule has 1 aliphatic heterocycles. The molecule has 1 unspecified atom stereocenters. The largest absolute Gasteiger partial charge is 0.338 e. The molecule has 2 heterocycles. The standard InChI is InChI=1S/C16H25N5/c17-13-1-2-21(9-13)15-18-14(19-20-15)16-6-10-3-11(7-16)5-12(4-10)8-16/h10-13H,1-9,17H2,(H,18,19,20). The van der Waals surface area contributed by atoms with E-state index < -0.39 is 0 Å². The highest BCUT2D eigenvalue weighted by Gasteiger charge is 2.53. The Labute approximate surface area is 125 Å². The third-order valence-corrected chi connectivity index (χ3v) is 6.52. The van der Waals surface area contributed by atoms with Gasteiger partial charge in [-0.2, -0.15) is 4.98 Å². The van der Waals surface area contributed by atoms with Crippen molar-refractivity contribution in [1.82, 2.24) is 15.2 Å². The Kier molecular flexibility index (Phi) is 2.50. The van der Waals surface area contributed by atoms with E-state index in [2.05, 4.69) is 15.1 Å². The Morgan fingerprint density at radius 3 is 2.33 bits per heavy atom. The summed E-state index contributed by atoms with van der Waals surface area (Å²) in [5.74, 6) is 4.91. The SMILES string of the molecule is NC1CCN(c2n[nH]c(C34CC5CC(CC(C5)C3)C4)n2)C1. The molecule has 4 saturated carbocycles. The normalized spacial score (nSPS) is 44.7. The fourth-order valence-corrected chi connectivity index (χ4v) is 6.00. The van der Waals surface area contributed by atoms with Crippen LogP contribution in [0.2, 0.25) is 0 Å². The molecule has 5 nitrogen and oxygen atoms in total. The number of nitrogens with two attached hydrogens (primary N) is 1. The van der Waals surface area contributed by atoms with Gasteiger partial charge in [-0.1, -0.05) is 0 Å². The topological polar surface area (TPSA) is 70.8 Å².